The first-order valence-corrected chi connectivity index (χ1v) is 8.99. The summed E-state index contributed by atoms with van der Waals surface area (Å²) in [6.07, 6.45) is 4.85. The SMILES string of the molecule is O=C(c1ccc(F)cc1)C1C2C=CC(C2)C12C(=O)Nc1ccc(Cl)cc12. The Hall–Kier alpha value is -2.46. The van der Waals surface area contributed by atoms with E-state index in [9.17, 15) is 14.0 Å². The summed E-state index contributed by atoms with van der Waals surface area (Å²) in [6.45, 7) is 0. The van der Waals surface area contributed by atoms with E-state index in [0.717, 1.165) is 17.7 Å². The number of amides is 1. The van der Waals surface area contributed by atoms with Gasteiger partial charge < -0.3 is 5.32 Å². The van der Waals surface area contributed by atoms with Crippen LogP contribution in [0.1, 0.15) is 22.3 Å². The molecule has 2 aromatic carbocycles. The number of hydrogen-bond donors (Lipinski definition) is 1. The van der Waals surface area contributed by atoms with Crippen molar-refractivity contribution in [3.05, 3.63) is 76.6 Å². The molecule has 3 nitrogen and oxygen atoms in total. The fraction of sp³-hybridized carbons (Fsp3) is 0.238. The Morgan fingerprint density at radius 3 is 2.69 bits per heavy atom. The van der Waals surface area contributed by atoms with Gasteiger partial charge in [0.15, 0.2) is 5.78 Å². The van der Waals surface area contributed by atoms with E-state index in [-0.39, 0.29) is 29.3 Å². The van der Waals surface area contributed by atoms with Crippen LogP contribution in [0.4, 0.5) is 10.1 Å². The van der Waals surface area contributed by atoms with E-state index in [0.29, 0.717) is 10.6 Å². The molecule has 1 amide bonds. The summed E-state index contributed by atoms with van der Waals surface area (Å²) < 4.78 is 13.3. The van der Waals surface area contributed by atoms with Crippen LogP contribution in [0.3, 0.4) is 0 Å². The molecule has 4 atom stereocenters. The number of nitrogens with one attached hydrogen (secondary N) is 1. The summed E-state index contributed by atoms with van der Waals surface area (Å²) in [7, 11) is 0. The molecule has 130 valence electrons. The van der Waals surface area contributed by atoms with Gasteiger partial charge in [-0.25, -0.2) is 4.39 Å². The summed E-state index contributed by atoms with van der Waals surface area (Å²) in [4.78, 5) is 26.5. The smallest absolute Gasteiger partial charge is 0.236 e. The first kappa shape index (κ1) is 15.8. The molecule has 5 rings (SSSR count). The number of carbonyl (C=O) groups is 2. The number of benzene rings is 2. The number of carbonyl (C=O) groups excluding carboxylic acids is 2. The maximum absolute atomic E-state index is 13.4. The highest BCUT2D eigenvalue weighted by Crippen LogP contribution is 2.62. The molecule has 4 unspecified atom stereocenters. The monoisotopic (exact) mass is 367 g/mol. The third kappa shape index (κ3) is 1.88. The van der Waals surface area contributed by atoms with E-state index in [2.05, 4.69) is 11.4 Å². The predicted octanol–water partition coefficient (Wildman–Crippen LogP) is 4.37. The van der Waals surface area contributed by atoms with Gasteiger partial charge in [-0.3, -0.25) is 9.59 Å². The summed E-state index contributed by atoms with van der Waals surface area (Å²) in [5.74, 6) is -1.21. The second-order valence-electron chi connectivity index (χ2n) is 7.25. The quantitative estimate of drug-likeness (QED) is 0.632. The van der Waals surface area contributed by atoms with Gasteiger partial charge in [0.2, 0.25) is 5.91 Å². The van der Waals surface area contributed by atoms with Crippen molar-refractivity contribution in [2.45, 2.75) is 11.8 Å². The fourth-order valence-corrected chi connectivity index (χ4v) is 5.24. The van der Waals surface area contributed by atoms with E-state index in [1.165, 1.54) is 24.3 Å². The molecule has 2 bridgehead atoms. The van der Waals surface area contributed by atoms with E-state index < -0.39 is 11.3 Å². The zero-order valence-corrected chi connectivity index (χ0v) is 14.5. The highest BCUT2D eigenvalue weighted by molar-refractivity contribution is 6.31. The van der Waals surface area contributed by atoms with Gasteiger partial charge in [0.05, 0.1) is 5.41 Å². The molecule has 26 heavy (non-hydrogen) atoms. The van der Waals surface area contributed by atoms with Crippen LogP contribution in [0.5, 0.6) is 0 Å². The molecule has 1 spiro atoms. The van der Waals surface area contributed by atoms with Gasteiger partial charge in [0.1, 0.15) is 5.82 Å². The van der Waals surface area contributed by atoms with E-state index >= 15 is 0 Å². The van der Waals surface area contributed by atoms with Crippen molar-refractivity contribution in [3.63, 3.8) is 0 Å². The maximum Gasteiger partial charge on any atom is 0.236 e. The summed E-state index contributed by atoms with van der Waals surface area (Å²) in [6, 6.07) is 10.9. The van der Waals surface area contributed by atoms with Crippen LogP contribution in [0.25, 0.3) is 0 Å². The third-order valence-corrected chi connectivity index (χ3v) is 6.32. The second-order valence-corrected chi connectivity index (χ2v) is 7.69. The van der Waals surface area contributed by atoms with Gasteiger partial charge in [-0.2, -0.15) is 0 Å². The molecule has 1 heterocycles. The van der Waals surface area contributed by atoms with Crippen LogP contribution in [0.2, 0.25) is 5.02 Å². The lowest BCUT2D eigenvalue weighted by molar-refractivity contribution is -0.122. The Morgan fingerprint density at radius 2 is 1.92 bits per heavy atom. The van der Waals surface area contributed by atoms with E-state index in [1.54, 1.807) is 18.2 Å². The lowest BCUT2D eigenvalue weighted by Crippen LogP contribution is -2.48. The average molecular weight is 368 g/mol. The zero-order chi connectivity index (χ0) is 18.1. The average Bonchev–Trinajstić information content (AvgIpc) is 3.29. The Kier molecular flexibility index (Phi) is 3.20. The largest absolute Gasteiger partial charge is 0.325 e. The minimum absolute atomic E-state index is 0.00626. The van der Waals surface area contributed by atoms with E-state index in [4.69, 9.17) is 11.6 Å². The molecule has 0 aromatic heterocycles. The predicted molar refractivity (Wildman–Crippen MR) is 96.7 cm³/mol. The summed E-state index contributed by atoms with van der Waals surface area (Å²) in [5.41, 5.74) is 1.01. The van der Waals surface area contributed by atoms with Crippen molar-refractivity contribution in [1.82, 2.24) is 0 Å². The number of rotatable bonds is 2. The molecule has 1 N–H and O–H groups in total. The Bertz CT molecular complexity index is 984. The molecular weight excluding hydrogens is 353 g/mol. The Labute approximate surface area is 154 Å². The summed E-state index contributed by atoms with van der Waals surface area (Å²) in [5, 5.41) is 3.49. The lowest BCUT2D eigenvalue weighted by atomic mass is 9.63. The highest BCUT2D eigenvalue weighted by Gasteiger charge is 2.66. The molecular formula is C21H15ClFNO2. The van der Waals surface area contributed by atoms with Crippen molar-refractivity contribution in [1.29, 1.82) is 0 Å². The fourth-order valence-electron chi connectivity index (χ4n) is 5.07. The van der Waals surface area contributed by atoms with Gasteiger partial charge in [-0.05, 0) is 66.3 Å². The van der Waals surface area contributed by atoms with Crippen molar-refractivity contribution in [3.8, 4) is 0 Å². The number of ketones is 1. The first-order chi connectivity index (χ1) is 12.5. The van der Waals surface area contributed by atoms with Gasteiger partial charge in [0.25, 0.3) is 0 Å². The number of halogens is 2. The van der Waals surface area contributed by atoms with Crippen LogP contribution in [0.15, 0.2) is 54.6 Å². The van der Waals surface area contributed by atoms with Crippen LogP contribution < -0.4 is 5.32 Å². The van der Waals surface area contributed by atoms with Gasteiger partial charge in [-0.15, -0.1) is 0 Å². The van der Waals surface area contributed by atoms with Crippen LogP contribution >= 0.6 is 11.6 Å². The first-order valence-electron chi connectivity index (χ1n) is 8.61. The molecule has 2 aliphatic carbocycles. The van der Waals surface area contributed by atoms with Gasteiger partial charge in [0, 0.05) is 22.2 Å². The second kappa shape index (κ2) is 5.27. The maximum atomic E-state index is 13.4. The van der Waals surface area contributed by atoms with Crippen LogP contribution in [-0.4, -0.2) is 11.7 Å². The normalized spacial score (nSPS) is 30.7. The molecule has 3 aliphatic rings. The number of anilines is 1. The number of hydrogen-bond acceptors (Lipinski definition) is 2. The summed E-state index contributed by atoms with van der Waals surface area (Å²) >= 11 is 6.21. The van der Waals surface area contributed by atoms with Crippen molar-refractivity contribution < 1.29 is 14.0 Å². The topological polar surface area (TPSA) is 46.2 Å². The number of allylic oxidation sites excluding steroid dienone is 2. The third-order valence-electron chi connectivity index (χ3n) is 6.08. The molecule has 5 heteroatoms. The van der Waals surface area contributed by atoms with Crippen molar-refractivity contribution in [2.75, 3.05) is 5.32 Å². The van der Waals surface area contributed by atoms with Crippen molar-refractivity contribution in [2.24, 2.45) is 17.8 Å². The van der Waals surface area contributed by atoms with E-state index in [1.807, 2.05) is 6.08 Å². The van der Waals surface area contributed by atoms with Crippen LogP contribution in [-0.2, 0) is 10.2 Å². The minimum Gasteiger partial charge on any atom is -0.325 e. The number of fused-ring (bicyclic) bond motifs is 5. The molecule has 2 aromatic rings. The van der Waals surface area contributed by atoms with Crippen molar-refractivity contribution >= 4 is 29.0 Å². The highest BCUT2D eigenvalue weighted by atomic mass is 35.5. The van der Waals surface area contributed by atoms with Gasteiger partial charge in [-0.1, -0.05) is 23.8 Å². The molecule has 1 fully saturated rings. The molecule has 0 saturated heterocycles. The molecule has 1 saturated carbocycles. The Balaban J connectivity index is 1.70. The Morgan fingerprint density at radius 1 is 1.15 bits per heavy atom. The van der Waals surface area contributed by atoms with Crippen LogP contribution in [0, 0.1) is 23.6 Å². The van der Waals surface area contributed by atoms with Gasteiger partial charge >= 0.3 is 0 Å². The molecule has 1 aliphatic heterocycles. The standard InChI is InChI=1S/C21H15ClFNO2/c22-14-5-8-17-16(10-14)21(20(26)24-17)13-4-1-12(9-13)18(21)19(25)11-2-6-15(23)7-3-11/h1-8,10,12-13,18H,9H2,(H,24,26). The minimum atomic E-state index is -0.939. The number of Topliss-reactive ketones (excluding diaryl/α,β-unsaturated/α-hetero) is 1. The lowest BCUT2D eigenvalue weighted by Gasteiger charge is -2.36. The zero-order valence-electron chi connectivity index (χ0n) is 13.7. The molecule has 0 radical (unpaired) electrons.